The van der Waals surface area contributed by atoms with Crippen molar-refractivity contribution in [1.29, 1.82) is 0 Å². The summed E-state index contributed by atoms with van der Waals surface area (Å²) in [7, 11) is 0. The molecule has 2 atom stereocenters. The molecule has 2 unspecified atom stereocenters. The number of carbonyl (C=O) groups excluding carboxylic acids is 2. The monoisotopic (exact) mass is 353 g/mol. The Hall–Kier alpha value is -1.43. The average molecular weight is 354 g/mol. The summed E-state index contributed by atoms with van der Waals surface area (Å²) < 4.78 is 0.877. The van der Waals surface area contributed by atoms with Gasteiger partial charge >= 0.3 is 0 Å². The second kappa shape index (κ2) is 6.13. The van der Waals surface area contributed by atoms with E-state index in [-0.39, 0.29) is 17.9 Å². The minimum atomic E-state index is -0.832. The topological polar surface area (TPSA) is 62.3 Å². The van der Waals surface area contributed by atoms with E-state index in [1.165, 1.54) is 0 Å². The van der Waals surface area contributed by atoms with E-state index in [1.807, 2.05) is 19.9 Å². The van der Waals surface area contributed by atoms with Crippen LogP contribution >= 0.6 is 15.9 Å². The smallest absolute Gasteiger partial charge is 0.248 e. The lowest BCUT2D eigenvalue weighted by Crippen LogP contribution is -2.55. The number of hydrogen-bond acceptors (Lipinski definition) is 3. The molecule has 2 amide bonds. The van der Waals surface area contributed by atoms with E-state index in [4.69, 9.17) is 0 Å². The largest absolute Gasteiger partial charge is 0.342 e. The summed E-state index contributed by atoms with van der Waals surface area (Å²) in [5, 5.41) is 2.86. The van der Waals surface area contributed by atoms with Gasteiger partial charge in [0.2, 0.25) is 11.8 Å². The van der Waals surface area contributed by atoms with Gasteiger partial charge in [-0.05, 0) is 47.8 Å². The lowest BCUT2D eigenvalue weighted by atomic mass is 9.97. The summed E-state index contributed by atoms with van der Waals surface area (Å²) in [5.74, 6) is -0.113. The maximum absolute atomic E-state index is 12.8. The van der Waals surface area contributed by atoms with Crippen LogP contribution in [0, 0.1) is 0 Å². The predicted octanol–water partition coefficient (Wildman–Crippen LogP) is 2.25. The molecule has 6 heteroatoms. The zero-order valence-electron chi connectivity index (χ0n) is 12.5. The fourth-order valence-corrected chi connectivity index (χ4v) is 2.93. The van der Waals surface area contributed by atoms with Crippen molar-refractivity contribution in [3.05, 3.63) is 28.5 Å². The van der Waals surface area contributed by atoms with Crippen LogP contribution in [0.3, 0.4) is 0 Å². The molecule has 2 rings (SSSR count). The van der Waals surface area contributed by atoms with Gasteiger partial charge in [0.05, 0.1) is 0 Å². The molecule has 0 bridgehead atoms. The molecule has 1 aliphatic rings. The van der Waals surface area contributed by atoms with Crippen LogP contribution in [0.15, 0.2) is 22.9 Å². The Morgan fingerprint density at radius 1 is 1.48 bits per heavy atom. The van der Waals surface area contributed by atoms with Crippen molar-refractivity contribution >= 4 is 27.7 Å². The first kappa shape index (κ1) is 15.9. The standard InChI is InChI=1S/C15H20BrN3O2/c1-4-15(3)14(21)19(10(2)5-13(20)18-15)9-11-6-12(16)8-17-7-11/h6-8,10H,4-5,9H2,1-3H3,(H,18,20). The Balaban J connectivity index is 2.30. The quantitative estimate of drug-likeness (QED) is 0.906. The number of halogens is 1. The molecule has 1 N–H and O–H groups in total. The van der Waals surface area contributed by atoms with E-state index < -0.39 is 5.54 Å². The molecule has 114 valence electrons. The van der Waals surface area contributed by atoms with E-state index in [0.29, 0.717) is 19.4 Å². The molecule has 1 saturated heterocycles. The summed E-state index contributed by atoms with van der Waals surface area (Å²) in [6, 6.07) is 1.81. The fraction of sp³-hybridized carbons (Fsp3) is 0.533. The van der Waals surface area contributed by atoms with Gasteiger partial charge in [0, 0.05) is 35.9 Å². The number of rotatable bonds is 3. The highest BCUT2D eigenvalue weighted by molar-refractivity contribution is 9.10. The highest BCUT2D eigenvalue weighted by Crippen LogP contribution is 2.23. The molecular weight excluding hydrogens is 334 g/mol. The van der Waals surface area contributed by atoms with Crippen LogP contribution in [0.1, 0.15) is 39.2 Å². The Morgan fingerprint density at radius 2 is 2.19 bits per heavy atom. The van der Waals surface area contributed by atoms with E-state index in [2.05, 4.69) is 26.2 Å². The van der Waals surface area contributed by atoms with Crippen molar-refractivity contribution in [1.82, 2.24) is 15.2 Å². The molecule has 0 aromatic carbocycles. The first-order valence-corrected chi connectivity index (χ1v) is 7.86. The van der Waals surface area contributed by atoms with Crippen molar-refractivity contribution in [2.45, 2.75) is 51.7 Å². The summed E-state index contributed by atoms with van der Waals surface area (Å²) in [4.78, 5) is 30.7. The van der Waals surface area contributed by atoms with Gasteiger partial charge in [0.15, 0.2) is 0 Å². The molecule has 1 fully saturated rings. The number of carbonyl (C=O) groups is 2. The zero-order chi connectivity index (χ0) is 15.6. The number of pyridine rings is 1. The van der Waals surface area contributed by atoms with Gasteiger partial charge in [-0.1, -0.05) is 6.92 Å². The highest BCUT2D eigenvalue weighted by Gasteiger charge is 2.41. The van der Waals surface area contributed by atoms with Gasteiger partial charge < -0.3 is 10.2 Å². The van der Waals surface area contributed by atoms with Gasteiger partial charge in [-0.15, -0.1) is 0 Å². The minimum absolute atomic E-state index is 0.0386. The molecule has 2 heterocycles. The fourth-order valence-electron chi connectivity index (χ4n) is 2.51. The van der Waals surface area contributed by atoms with Crippen molar-refractivity contribution in [2.24, 2.45) is 0 Å². The van der Waals surface area contributed by atoms with Gasteiger partial charge in [-0.25, -0.2) is 0 Å². The average Bonchev–Trinajstić information content (AvgIpc) is 2.50. The maximum Gasteiger partial charge on any atom is 0.248 e. The number of nitrogens with zero attached hydrogens (tertiary/aromatic N) is 2. The van der Waals surface area contributed by atoms with Gasteiger partial charge in [0.1, 0.15) is 5.54 Å². The SMILES string of the molecule is CCC1(C)NC(=O)CC(C)N(Cc2cncc(Br)c2)C1=O. The number of hydrogen-bond donors (Lipinski definition) is 1. The first-order chi connectivity index (χ1) is 9.85. The molecule has 1 aromatic rings. The number of amides is 2. The molecule has 21 heavy (non-hydrogen) atoms. The third-order valence-corrected chi connectivity index (χ3v) is 4.42. The molecule has 0 saturated carbocycles. The molecule has 0 aliphatic carbocycles. The van der Waals surface area contributed by atoms with Crippen molar-refractivity contribution in [2.75, 3.05) is 0 Å². The van der Waals surface area contributed by atoms with Crippen LogP contribution in [0.4, 0.5) is 0 Å². The van der Waals surface area contributed by atoms with Crippen LogP contribution in [-0.4, -0.2) is 33.3 Å². The molecule has 1 aliphatic heterocycles. The summed E-state index contributed by atoms with van der Waals surface area (Å²) in [6.07, 6.45) is 4.34. The third kappa shape index (κ3) is 3.43. The van der Waals surface area contributed by atoms with Crippen molar-refractivity contribution in [3.8, 4) is 0 Å². The molecule has 0 radical (unpaired) electrons. The Morgan fingerprint density at radius 3 is 2.81 bits per heavy atom. The first-order valence-electron chi connectivity index (χ1n) is 7.07. The zero-order valence-corrected chi connectivity index (χ0v) is 14.1. The van der Waals surface area contributed by atoms with Crippen LogP contribution in [0.5, 0.6) is 0 Å². The molecule has 5 nitrogen and oxygen atoms in total. The Labute approximate surface area is 133 Å². The number of nitrogens with one attached hydrogen (secondary N) is 1. The lowest BCUT2D eigenvalue weighted by Gasteiger charge is -2.33. The summed E-state index contributed by atoms with van der Waals surface area (Å²) in [5.41, 5.74) is 0.110. The Bertz CT molecular complexity index is 564. The van der Waals surface area contributed by atoms with Gasteiger partial charge in [0.25, 0.3) is 0 Å². The van der Waals surface area contributed by atoms with E-state index in [9.17, 15) is 9.59 Å². The van der Waals surface area contributed by atoms with Gasteiger partial charge in [-0.3, -0.25) is 14.6 Å². The second-order valence-electron chi connectivity index (χ2n) is 5.73. The second-order valence-corrected chi connectivity index (χ2v) is 6.65. The summed E-state index contributed by atoms with van der Waals surface area (Å²) >= 11 is 3.39. The normalized spacial score (nSPS) is 26.5. The predicted molar refractivity (Wildman–Crippen MR) is 83.4 cm³/mol. The third-order valence-electron chi connectivity index (χ3n) is 3.98. The summed E-state index contributed by atoms with van der Waals surface area (Å²) in [6.45, 7) is 6.06. The lowest BCUT2D eigenvalue weighted by molar-refractivity contribution is -0.140. The Kier molecular flexibility index (Phi) is 4.66. The molecule has 1 aromatic heterocycles. The van der Waals surface area contributed by atoms with Crippen LogP contribution in [0.2, 0.25) is 0 Å². The van der Waals surface area contributed by atoms with Crippen molar-refractivity contribution in [3.63, 3.8) is 0 Å². The highest BCUT2D eigenvalue weighted by atomic mass is 79.9. The number of aromatic nitrogens is 1. The van der Waals surface area contributed by atoms with E-state index in [1.54, 1.807) is 24.2 Å². The molecule has 0 spiro atoms. The van der Waals surface area contributed by atoms with Gasteiger partial charge in [-0.2, -0.15) is 0 Å². The minimum Gasteiger partial charge on any atom is -0.342 e. The van der Waals surface area contributed by atoms with E-state index >= 15 is 0 Å². The maximum atomic E-state index is 12.8. The van der Waals surface area contributed by atoms with Crippen LogP contribution < -0.4 is 5.32 Å². The van der Waals surface area contributed by atoms with Crippen molar-refractivity contribution < 1.29 is 9.59 Å². The van der Waals surface area contributed by atoms with E-state index in [0.717, 1.165) is 10.0 Å². The van der Waals surface area contributed by atoms with Crippen LogP contribution in [0.25, 0.3) is 0 Å². The van der Waals surface area contributed by atoms with Crippen LogP contribution in [-0.2, 0) is 16.1 Å². The molecular formula is C15H20BrN3O2.